The number of carbonyl (C=O) groups is 1. The van der Waals surface area contributed by atoms with Crippen LogP contribution in [-0.4, -0.2) is 10.9 Å². The highest BCUT2D eigenvalue weighted by Crippen LogP contribution is 2.23. The summed E-state index contributed by atoms with van der Waals surface area (Å²) in [6.07, 6.45) is 1.55. The van der Waals surface area contributed by atoms with Crippen LogP contribution in [0.3, 0.4) is 0 Å². The second kappa shape index (κ2) is 5.18. The fraction of sp³-hybridized carbons (Fsp3) is 0.200. The molecule has 1 heterocycles. The van der Waals surface area contributed by atoms with Crippen molar-refractivity contribution in [2.75, 3.05) is 0 Å². The first-order valence-electron chi connectivity index (χ1n) is 5.99. The number of carbonyl (C=O) groups excluding carboxylic acids is 1. The van der Waals surface area contributed by atoms with Crippen LogP contribution < -0.4 is 5.32 Å². The third-order valence-corrected chi connectivity index (χ3v) is 2.87. The zero-order chi connectivity index (χ0) is 13.9. The van der Waals surface area contributed by atoms with Gasteiger partial charge in [-0.15, -0.1) is 0 Å². The van der Waals surface area contributed by atoms with Crippen molar-refractivity contribution in [1.29, 1.82) is 0 Å². The molecule has 1 amide bonds. The summed E-state index contributed by atoms with van der Waals surface area (Å²) in [4.78, 5) is 16.0. The summed E-state index contributed by atoms with van der Waals surface area (Å²) in [7, 11) is 0. The lowest BCUT2D eigenvalue weighted by molar-refractivity contribution is 0.0905. The number of pyridine rings is 1. The molecule has 0 aliphatic carbocycles. The lowest BCUT2D eigenvalue weighted by Crippen LogP contribution is -2.41. The molecule has 2 rings (SSSR count). The third kappa shape index (κ3) is 2.96. The SMILES string of the molecule is CC(C)(NC(=O)c1ccccn1)c1ccccc1F. The van der Waals surface area contributed by atoms with Crippen molar-refractivity contribution in [1.82, 2.24) is 10.3 Å². The second-order valence-corrected chi connectivity index (χ2v) is 4.77. The summed E-state index contributed by atoms with van der Waals surface area (Å²) in [5.41, 5.74) is -0.0499. The van der Waals surface area contributed by atoms with E-state index >= 15 is 0 Å². The zero-order valence-electron chi connectivity index (χ0n) is 10.9. The third-order valence-electron chi connectivity index (χ3n) is 2.87. The maximum atomic E-state index is 13.8. The molecule has 2 aromatic rings. The highest BCUT2D eigenvalue weighted by Gasteiger charge is 2.26. The Morgan fingerprint density at radius 3 is 2.47 bits per heavy atom. The molecular weight excluding hydrogens is 243 g/mol. The van der Waals surface area contributed by atoms with E-state index in [-0.39, 0.29) is 11.7 Å². The van der Waals surface area contributed by atoms with Crippen molar-refractivity contribution in [3.05, 3.63) is 65.7 Å². The molecule has 0 unspecified atom stereocenters. The van der Waals surface area contributed by atoms with Gasteiger partial charge in [0.05, 0.1) is 5.54 Å². The Morgan fingerprint density at radius 2 is 1.84 bits per heavy atom. The first-order valence-corrected chi connectivity index (χ1v) is 5.99. The van der Waals surface area contributed by atoms with Crippen molar-refractivity contribution in [2.45, 2.75) is 19.4 Å². The average molecular weight is 258 g/mol. The normalized spacial score (nSPS) is 11.1. The highest BCUT2D eigenvalue weighted by atomic mass is 19.1. The van der Waals surface area contributed by atoms with Crippen LogP contribution in [0.2, 0.25) is 0 Å². The molecule has 0 bridgehead atoms. The molecule has 19 heavy (non-hydrogen) atoms. The number of amides is 1. The number of nitrogens with zero attached hydrogens (tertiary/aromatic N) is 1. The van der Waals surface area contributed by atoms with Crippen LogP contribution in [0.4, 0.5) is 4.39 Å². The first-order chi connectivity index (χ1) is 9.00. The Balaban J connectivity index is 2.23. The van der Waals surface area contributed by atoms with Crippen LogP contribution in [0.15, 0.2) is 48.7 Å². The van der Waals surface area contributed by atoms with Crippen molar-refractivity contribution < 1.29 is 9.18 Å². The predicted molar refractivity (Wildman–Crippen MR) is 71.1 cm³/mol. The van der Waals surface area contributed by atoms with E-state index in [2.05, 4.69) is 10.3 Å². The zero-order valence-corrected chi connectivity index (χ0v) is 10.9. The van der Waals surface area contributed by atoms with Crippen LogP contribution >= 0.6 is 0 Å². The second-order valence-electron chi connectivity index (χ2n) is 4.77. The number of benzene rings is 1. The minimum atomic E-state index is -0.806. The van der Waals surface area contributed by atoms with Gasteiger partial charge in [0.15, 0.2) is 0 Å². The van der Waals surface area contributed by atoms with Crippen LogP contribution in [-0.2, 0) is 5.54 Å². The average Bonchev–Trinajstić information content (AvgIpc) is 2.39. The number of nitrogens with one attached hydrogen (secondary N) is 1. The molecule has 0 aliphatic rings. The monoisotopic (exact) mass is 258 g/mol. The van der Waals surface area contributed by atoms with Crippen LogP contribution in [0.1, 0.15) is 29.9 Å². The van der Waals surface area contributed by atoms with Crippen molar-refractivity contribution >= 4 is 5.91 Å². The van der Waals surface area contributed by atoms with E-state index in [4.69, 9.17) is 0 Å². The van der Waals surface area contributed by atoms with Gasteiger partial charge in [0.1, 0.15) is 11.5 Å². The van der Waals surface area contributed by atoms with Crippen LogP contribution in [0, 0.1) is 5.82 Å². The highest BCUT2D eigenvalue weighted by molar-refractivity contribution is 5.92. The fourth-order valence-corrected chi connectivity index (χ4v) is 1.88. The minimum Gasteiger partial charge on any atom is -0.342 e. The van der Waals surface area contributed by atoms with E-state index in [9.17, 15) is 9.18 Å². The van der Waals surface area contributed by atoms with Gasteiger partial charge in [-0.25, -0.2) is 4.39 Å². The molecule has 4 heteroatoms. The van der Waals surface area contributed by atoms with Gasteiger partial charge in [-0.3, -0.25) is 9.78 Å². The van der Waals surface area contributed by atoms with E-state index in [0.29, 0.717) is 11.3 Å². The summed E-state index contributed by atoms with van der Waals surface area (Å²) >= 11 is 0. The van der Waals surface area contributed by atoms with Crippen LogP contribution in [0.25, 0.3) is 0 Å². The molecule has 0 spiro atoms. The van der Waals surface area contributed by atoms with Gasteiger partial charge in [-0.2, -0.15) is 0 Å². The molecule has 0 saturated carbocycles. The van der Waals surface area contributed by atoms with Crippen molar-refractivity contribution in [2.24, 2.45) is 0 Å². The molecule has 1 aromatic heterocycles. The summed E-state index contributed by atoms with van der Waals surface area (Å²) < 4.78 is 13.8. The van der Waals surface area contributed by atoms with Gasteiger partial charge in [-0.05, 0) is 32.0 Å². The van der Waals surface area contributed by atoms with E-state index in [1.54, 1.807) is 56.4 Å². The first kappa shape index (κ1) is 13.2. The number of aromatic nitrogens is 1. The Labute approximate surface area is 111 Å². The smallest absolute Gasteiger partial charge is 0.270 e. The van der Waals surface area contributed by atoms with Gasteiger partial charge in [0, 0.05) is 11.8 Å². The predicted octanol–water partition coefficient (Wildman–Crippen LogP) is 2.89. The molecule has 0 aliphatic heterocycles. The number of rotatable bonds is 3. The van der Waals surface area contributed by atoms with Gasteiger partial charge in [-0.1, -0.05) is 24.3 Å². The van der Waals surface area contributed by atoms with Gasteiger partial charge in [0.25, 0.3) is 5.91 Å². The summed E-state index contributed by atoms with van der Waals surface area (Å²) in [6.45, 7) is 3.51. The topological polar surface area (TPSA) is 42.0 Å². The molecule has 0 atom stereocenters. The number of halogens is 1. The Morgan fingerprint density at radius 1 is 1.16 bits per heavy atom. The summed E-state index contributed by atoms with van der Waals surface area (Å²) in [6, 6.07) is 11.5. The molecule has 3 nitrogen and oxygen atoms in total. The minimum absolute atomic E-state index is 0.312. The Bertz CT molecular complexity index is 582. The van der Waals surface area contributed by atoms with Gasteiger partial charge in [0.2, 0.25) is 0 Å². The van der Waals surface area contributed by atoms with Crippen LogP contribution in [0.5, 0.6) is 0 Å². The lowest BCUT2D eigenvalue weighted by atomic mass is 9.93. The molecule has 0 fully saturated rings. The van der Waals surface area contributed by atoms with E-state index in [1.165, 1.54) is 6.07 Å². The Hall–Kier alpha value is -2.23. The van der Waals surface area contributed by atoms with E-state index in [1.807, 2.05) is 0 Å². The van der Waals surface area contributed by atoms with Gasteiger partial charge >= 0.3 is 0 Å². The molecule has 0 radical (unpaired) electrons. The molecule has 1 aromatic carbocycles. The van der Waals surface area contributed by atoms with Crippen molar-refractivity contribution in [3.63, 3.8) is 0 Å². The van der Waals surface area contributed by atoms with Crippen molar-refractivity contribution in [3.8, 4) is 0 Å². The molecule has 1 N–H and O–H groups in total. The quantitative estimate of drug-likeness (QED) is 0.919. The maximum Gasteiger partial charge on any atom is 0.270 e. The largest absolute Gasteiger partial charge is 0.342 e. The molecular formula is C15H15FN2O. The number of hydrogen-bond donors (Lipinski definition) is 1. The van der Waals surface area contributed by atoms with E-state index in [0.717, 1.165) is 0 Å². The Kier molecular flexibility index (Phi) is 3.60. The lowest BCUT2D eigenvalue weighted by Gasteiger charge is -2.27. The molecule has 98 valence electrons. The summed E-state index contributed by atoms with van der Waals surface area (Å²) in [5.74, 6) is -0.664. The standard InChI is InChI=1S/C15H15FN2O/c1-15(2,11-7-3-4-8-12(11)16)18-14(19)13-9-5-6-10-17-13/h3-10H,1-2H3,(H,18,19). The van der Waals surface area contributed by atoms with Gasteiger partial charge < -0.3 is 5.32 Å². The summed E-state index contributed by atoms with van der Waals surface area (Å²) in [5, 5.41) is 2.79. The number of hydrogen-bond acceptors (Lipinski definition) is 2. The maximum absolute atomic E-state index is 13.8. The fourth-order valence-electron chi connectivity index (χ4n) is 1.88. The molecule has 0 saturated heterocycles. The van der Waals surface area contributed by atoms with E-state index < -0.39 is 5.54 Å².